The standard InChI is InChI=1S/C34H53N3O6S/c1-5-24-28-18-22(38)12-14-34(28,4)27-13-15-33(3)25(9-10-26(33)30(27)31(24)39)21(2)20-43-32(40)36-44(41,42)23-8-11-29(35-19-23)37-16-6-7-17-37/h8,11,19,21-22,24-28,30-31,38-39H,5-7,9-10,12-18,20H2,1-4H3,(H,36,40)/t21-,22-,24-,25-,26+,27+,28+,30+,31-,33-,34-/m1/s1. The lowest BCUT2D eigenvalue weighted by atomic mass is 9.41. The molecule has 0 spiro atoms. The Hall–Kier alpha value is -1.91. The van der Waals surface area contributed by atoms with Crippen LogP contribution in [0.3, 0.4) is 0 Å². The van der Waals surface area contributed by atoms with Gasteiger partial charge in [0, 0.05) is 19.3 Å². The van der Waals surface area contributed by atoms with E-state index >= 15 is 0 Å². The van der Waals surface area contributed by atoms with E-state index in [0.717, 1.165) is 83.1 Å². The van der Waals surface area contributed by atoms with Crippen molar-refractivity contribution in [3.8, 4) is 0 Å². The Labute approximate surface area is 263 Å². The summed E-state index contributed by atoms with van der Waals surface area (Å²) in [5.74, 6) is 2.85. The summed E-state index contributed by atoms with van der Waals surface area (Å²) in [4.78, 5) is 19.1. The van der Waals surface area contributed by atoms with Crippen molar-refractivity contribution in [3.05, 3.63) is 18.3 Å². The molecule has 1 aromatic rings. The molecular weight excluding hydrogens is 578 g/mol. The van der Waals surface area contributed by atoms with E-state index in [1.807, 2.05) is 0 Å². The average molecular weight is 632 g/mol. The zero-order valence-corrected chi connectivity index (χ0v) is 27.8. The molecule has 4 saturated carbocycles. The molecule has 0 bridgehead atoms. The van der Waals surface area contributed by atoms with Gasteiger partial charge < -0.3 is 19.8 Å². The third-order valence-corrected chi connectivity index (χ3v) is 14.6. The van der Waals surface area contributed by atoms with Gasteiger partial charge in [-0.05, 0) is 122 Å². The van der Waals surface area contributed by atoms with Crippen molar-refractivity contribution in [1.29, 1.82) is 0 Å². The van der Waals surface area contributed by atoms with Crippen LogP contribution in [0.4, 0.5) is 10.6 Å². The summed E-state index contributed by atoms with van der Waals surface area (Å²) in [7, 11) is -4.09. The molecule has 4 aliphatic carbocycles. The fourth-order valence-corrected chi connectivity index (χ4v) is 12.0. The molecule has 1 saturated heterocycles. The fraction of sp³-hybridized carbons (Fsp3) is 0.824. The summed E-state index contributed by atoms with van der Waals surface area (Å²) >= 11 is 0. The molecule has 5 fully saturated rings. The average Bonchev–Trinajstić information content (AvgIpc) is 3.65. The van der Waals surface area contributed by atoms with Crippen LogP contribution in [-0.4, -0.2) is 61.6 Å². The maximum Gasteiger partial charge on any atom is 0.421 e. The van der Waals surface area contributed by atoms with Gasteiger partial charge in [0.05, 0.1) is 18.8 Å². The van der Waals surface area contributed by atoms with Crippen LogP contribution in [-0.2, 0) is 14.8 Å². The lowest BCUT2D eigenvalue weighted by molar-refractivity contribution is -0.203. The lowest BCUT2D eigenvalue weighted by Crippen LogP contribution is -2.62. The quantitative estimate of drug-likeness (QED) is 0.367. The Bertz CT molecular complexity index is 1300. The zero-order valence-electron chi connectivity index (χ0n) is 27.0. The minimum Gasteiger partial charge on any atom is -0.449 e. The molecule has 0 unspecified atom stereocenters. The molecule has 1 aromatic heterocycles. The van der Waals surface area contributed by atoms with Gasteiger partial charge in [-0.1, -0.05) is 34.1 Å². The molecule has 3 N–H and O–H groups in total. The highest BCUT2D eigenvalue weighted by molar-refractivity contribution is 7.90. The molecule has 5 aliphatic rings. The third-order valence-electron chi connectivity index (χ3n) is 13.3. The van der Waals surface area contributed by atoms with Crippen LogP contribution in [0.2, 0.25) is 0 Å². The molecule has 9 nitrogen and oxygen atoms in total. The first kappa shape index (κ1) is 32.0. The van der Waals surface area contributed by atoms with Gasteiger partial charge in [0.2, 0.25) is 0 Å². The van der Waals surface area contributed by atoms with Crippen LogP contribution < -0.4 is 9.62 Å². The van der Waals surface area contributed by atoms with E-state index in [-0.39, 0.29) is 52.3 Å². The second kappa shape index (κ2) is 12.0. The number of amides is 1. The first-order valence-corrected chi connectivity index (χ1v) is 18.6. The Morgan fingerprint density at radius 2 is 1.77 bits per heavy atom. The van der Waals surface area contributed by atoms with E-state index in [1.54, 1.807) is 6.07 Å². The molecule has 10 heteroatoms. The van der Waals surface area contributed by atoms with Gasteiger partial charge in [0.1, 0.15) is 10.7 Å². The van der Waals surface area contributed by atoms with E-state index in [4.69, 9.17) is 4.74 Å². The first-order chi connectivity index (χ1) is 20.9. The fourth-order valence-electron chi connectivity index (χ4n) is 11.1. The van der Waals surface area contributed by atoms with Crippen LogP contribution >= 0.6 is 0 Å². The smallest absolute Gasteiger partial charge is 0.421 e. The Kier molecular flexibility index (Phi) is 8.76. The number of aliphatic hydroxyl groups is 2. The molecule has 1 amide bonds. The summed E-state index contributed by atoms with van der Waals surface area (Å²) < 4.78 is 33.3. The summed E-state index contributed by atoms with van der Waals surface area (Å²) in [5, 5.41) is 22.5. The van der Waals surface area contributed by atoms with Crippen LogP contribution in [0.5, 0.6) is 0 Å². The van der Waals surface area contributed by atoms with Gasteiger partial charge >= 0.3 is 6.09 Å². The summed E-state index contributed by atoms with van der Waals surface area (Å²) in [5.41, 5.74) is 0.192. The van der Waals surface area contributed by atoms with E-state index in [9.17, 15) is 23.4 Å². The molecular formula is C34H53N3O6S. The molecule has 246 valence electrons. The number of carbonyl (C=O) groups is 1. The SMILES string of the molecule is CC[C@H]1[C@@H](O)[C@@H]2[C@H](CC[C@]3(C)[C@@H]([C@H](C)COC(=O)NS(=O)(=O)c4ccc(N5CCCC5)nc4)CC[C@@H]23)[C@@]2(C)CC[C@@H](O)C[C@@H]12. The number of pyridine rings is 1. The number of nitrogens with one attached hydrogen (secondary N) is 1. The van der Waals surface area contributed by atoms with Crippen molar-refractivity contribution in [1.82, 2.24) is 9.71 Å². The summed E-state index contributed by atoms with van der Waals surface area (Å²) in [6.07, 6.45) is 9.83. The molecule has 6 rings (SSSR count). The number of ether oxygens (including phenoxy) is 1. The number of hydrogen-bond donors (Lipinski definition) is 3. The number of anilines is 1. The van der Waals surface area contributed by atoms with Crippen molar-refractivity contribution < 1.29 is 28.2 Å². The number of hydrogen-bond acceptors (Lipinski definition) is 8. The first-order valence-electron chi connectivity index (χ1n) is 17.2. The maximum absolute atomic E-state index is 12.9. The minimum atomic E-state index is -4.09. The van der Waals surface area contributed by atoms with Gasteiger partial charge in [-0.3, -0.25) is 0 Å². The van der Waals surface area contributed by atoms with E-state index < -0.39 is 16.1 Å². The number of rotatable bonds is 7. The minimum absolute atomic E-state index is 0.0336. The Balaban J connectivity index is 1.09. The third kappa shape index (κ3) is 5.44. The zero-order chi connectivity index (χ0) is 31.4. The lowest BCUT2D eigenvalue weighted by Gasteiger charge is -2.64. The number of fused-ring (bicyclic) bond motifs is 5. The van der Waals surface area contributed by atoms with Crippen LogP contribution in [0.15, 0.2) is 23.2 Å². The van der Waals surface area contributed by atoms with Crippen LogP contribution in [0.25, 0.3) is 0 Å². The number of nitrogens with zero attached hydrogens (tertiary/aromatic N) is 2. The van der Waals surface area contributed by atoms with Gasteiger partial charge in [0.15, 0.2) is 0 Å². The molecule has 44 heavy (non-hydrogen) atoms. The summed E-state index contributed by atoms with van der Waals surface area (Å²) in [6.45, 7) is 11.1. The number of aromatic nitrogens is 1. The number of sulfonamides is 1. The highest BCUT2D eigenvalue weighted by Crippen LogP contribution is 2.69. The van der Waals surface area contributed by atoms with E-state index in [2.05, 4.69) is 42.3 Å². The predicted molar refractivity (Wildman–Crippen MR) is 168 cm³/mol. The number of carbonyl (C=O) groups excluding carboxylic acids is 1. The van der Waals surface area contributed by atoms with Gasteiger partial charge in [-0.25, -0.2) is 22.9 Å². The molecule has 2 heterocycles. The van der Waals surface area contributed by atoms with Gasteiger partial charge in [-0.15, -0.1) is 0 Å². The largest absolute Gasteiger partial charge is 0.449 e. The van der Waals surface area contributed by atoms with Crippen molar-refractivity contribution in [2.75, 3.05) is 24.6 Å². The van der Waals surface area contributed by atoms with E-state index in [1.165, 1.54) is 12.3 Å². The molecule has 1 aliphatic heterocycles. The second-order valence-corrected chi connectivity index (χ2v) is 17.0. The highest BCUT2D eigenvalue weighted by atomic mass is 32.2. The highest BCUT2D eigenvalue weighted by Gasteiger charge is 2.65. The normalized spacial score (nSPS) is 40.9. The van der Waals surface area contributed by atoms with Crippen molar-refractivity contribution in [3.63, 3.8) is 0 Å². The topological polar surface area (TPSA) is 129 Å². The molecule has 11 atom stereocenters. The van der Waals surface area contributed by atoms with Crippen LogP contribution in [0.1, 0.15) is 91.9 Å². The Morgan fingerprint density at radius 1 is 1.07 bits per heavy atom. The monoisotopic (exact) mass is 631 g/mol. The molecule has 0 aromatic carbocycles. The Morgan fingerprint density at radius 3 is 2.45 bits per heavy atom. The van der Waals surface area contributed by atoms with Crippen molar-refractivity contribution >= 4 is 21.9 Å². The van der Waals surface area contributed by atoms with E-state index in [0.29, 0.717) is 23.7 Å². The number of aliphatic hydroxyl groups excluding tert-OH is 2. The van der Waals surface area contributed by atoms with Gasteiger partial charge in [-0.2, -0.15) is 0 Å². The second-order valence-electron chi connectivity index (χ2n) is 15.3. The summed E-state index contributed by atoms with van der Waals surface area (Å²) in [6, 6.07) is 3.17. The van der Waals surface area contributed by atoms with Crippen LogP contribution in [0, 0.1) is 52.3 Å². The molecule has 0 radical (unpaired) electrons. The predicted octanol–water partition coefficient (Wildman–Crippen LogP) is 5.36. The van der Waals surface area contributed by atoms with Crippen molar-refractivity contribution in [2.24, 2.45) is 52.3 Å². The van der Waals surface area contributed by atoms with Gasteiger partial charge in [0.25, 0.3) is 10.0 Å². The van der Waals surface area contributed by atoms with Crippen molar-refractivity contribution in [2.45, 2.75) is 109 Å². The maximum atomic E-state index is 12.9.